The molecular weight excluding hydrogens is 687 g/mol. The molecule has 2 heterocycles. The summed E-state index contributed by atoms with van der Waals surface area (Å²) in [6.45, 7) is 0. The maximum Gasteiger partial charge on any atom is 0.136 e. The molecule has 9 aromatic carbocycles. The van der Waals surface area contributed by atoms with Crippen LogP contribution >= 0.6 is 11.3 Å². The summed E-state index contributed by atoms with van der Waals surface area (Å²) in [6, 6.07) is 72.3. The van der Waals surface area contributed by atoms with Crippen molar-refractivity contribution in [2.45, 2.75) is 0 Å². The van der Waals surface area contributed by atoms with Crippen LogP contribution in [0.15, 0.2) is 205 Å². The second-order valence-corrected chi connectivity index (χ2v) is 15.1. The van der Waals surface area contributed by atoms with Crippen molar-refractivity contribution < 1.29 is 4.42 Å². The number of hydrogen-bond donors (Lipinski definition) is 0. The number of benzene rings is 9. The highest BCUT2D eigenvalue weighted by atomic mass is 32.1. The van der Waals surface area contributed by atoms with Gasteiger partial charge in [0.05, 0.1) is 11.4 Å². The van der Waals surface area contributed by atoms with Crippen molar-refractivity contribution in [2.75, 3.05) is 4.90 Å². The highest BCUT2D eigenvalue weighted by Crippen LogP contribution is 2.49. The number of anilines is 3. The first-order valence-electron chi connectivity index (χ1n) is 18.7. The number of furan rings is 1. The molecule has 0 radical (unpaired) electrons. The molecule has 0 saturated heterocycles. The summed E-state index contributed by atoms with van der Waals surface area (Å²) in [4.78, 5) is 2.48. The van der Waals surface area contributed by atoms with Crippen LogP contribution < -0.4 is 4.90 Å². The van der Waals surface area contributed by atoms with E-state index in [4.69, 9.17) is 4.42 Å². The van der Waals surface area contributed by atoms with E-state index in [1.54, 1.807) is 0 Å². The molecule has 55 heavy (non-hydrogen) atoms. The van der Waals surface area contributed by atoms with Crippen LogP contribution in [0.5, 0.6) is 0 Å². The normalized spacial score (nSPS) is 11.6. The van der Waals surface area contributed by atoms with Crippen LogP contribution in [0.3, 0.4) is 0 Å². The lowest BCUT2D eigenvalue weighted by molar-refractivity contribution is 0.669. The third-order valence-corrected chi connectivity index (χ3v) is 12.0. The molecule has 0 unspecified atom stereocenters. The van der Waals surface area contributed by atoms with E-state index in [0.717, 1.165) is 50.1 Å². The molecule has 0 atom stereocenters. The molecule has 11 rings (SSSR count). The van der Waals surface area contributed by atoms with Gasteiger partial charge in [0.25, 0.3) is 0 Å². The molecule has 3 heteroatoms. The lowest BCUT2D eigenvalue weighted by Gasteiger charge is -2.29. The van der Waals surface area contributed by atoms with E-state index in [9.17, 15) is 0 Å². The van der Waals surface area contributed by atoms with Crippen molar-refractivity contribution in [3.8, 4) is 33.4 Å². The average Bonchev–Trinajstić information content (AvgIpc) is 3.83. The van der Waals surface area contributed by atoms with E-state index in [2.05, 4.69) is 199 Å². The van der Waals surface area contributed by atoms with E-state index in [1.165, 1.54) is 53.2 Å². The Bertz CT molecular complexity index is 3230. The van der Waals surface area contributed by atoms with Crippen molar-refractivity contribution in [3.63, 3.8) is 0 Å². The van der Waals surface area contributed by atoms with Gasteiger partial charge in [-0.05, 0) is 87.8 Å². The van der Waals surface area contributed by atoms with Crippen LogP contribution in [0.4, 0.5) is 17.1 Å². The number of para-hydroxylation sites is 2. The molecule has 0 aliphatic carbocycles. The van der Waals surface area contributed by atoms with Crippen molar-refractivity contribution in [3.05, 3.63) is 200 Å². The van der Waals surface area contributed by atoms with Gasteiger partial charge in [0.2, 0.25) is 0 Å². The van der Waals surface area contributed by atoms with Gasteiger partial charge in [-0.1, -0.05) is 146 Å². The number of fused-ring (bicyclic) bond motifs is 8. The third kappa shape index (κ3) is 5.24. The fourth-order valence-electron chi connectivity index (χ4n) is 8.40. The first-order valence-corrected chi connectivity index (χ1v) is 19.5. The molecule has 0 N–H and O–H groups in total. The van der Waals surface area contributed by atoms with E-state index in [-0.39, 0.29) is 0 Å². The average molecular weight is 720 g/mol. The van der Waals surface area contributed by atoms with Gasteiger partial charge >= 0.3 is 0 Å². The second-order valence-electron chi connectivity index (χ2n) is 14.0. The van der Waals surface area contributed by atoms with Gasteiger partial charge < -0.3 is 9.32 Å². The second kappa shape index (κ2) is 12.9. The largest absolute Gasteiger partial charge is 0.456 e. The van der Waals surface area contributed by atoms with Gasteiger partial charge in [0.1, 0.15) is 11.2 Å². The lowest BCUT2D eigenvalue weighted by Crippen LogP contribution is -2.11. The van der Waals surface area contributed by atoms with E-state index >= 15 is 0 Å². The van der Waals surface area contributed by atoms with Gasteiger partial charge in [-0.3, -0.25) is 0 Å². The van der Waals surface area contributed by atoms with Crippen molar-refractivity contribution in [1.29, 1.82) is 0 Å². The number of nitrogens with zero attached hydrogens (tertiary/aromatic N) is 1. The summed E-state index contributed by atoms with van der Waals surface area (Å²) in [6.07, 6.45) is 0. The Morgan fingerprint density at radius 2 is 1.00 bits per heavy atom. The molecule has 2 nitrogen and oxygen atoms in total. The van der Waals surface area contributed by atoms with Gasteiger partial charge in [0.15, 0.2) is 0 Å². The molecule has 0 spiro atoms. The SMILES string of the molecule is c1ccc(-c2cccc(-c3cccc(N(c4ccccc4-c4cccc5ccc6oc7ccccc7c6c45)c4cccc5sc6ccccc6c45)c3)c2)cc1. The summed E-state index contributed by atoms with van der Waals surface area (Å²) >= 11 is 1.85. The first kappa shape index (κ1) is 31.6. The van der Waals surface area contributed by atoms with E-state index in [1.807, 2.05) is 17.4 Å². The fraction of sp³-hybridized carbons (Fsp3) is 0. The molecule has 0 fully saturated rings. The van der Waals surface area contributed by atoms with Gasteiger partial charge in [0, 0.05) is 47.6 Å². The minimum Gasteiger partial charge on any atom is -0.456 e. The molecule has 0 saturated carbocycles. The highest BCUT2D eigenvalue weighted by Gasteiger charge is 2.23. The quantitative estimate of drug-likeness (QED) is 0.170. The van der Waals surface area contributed by atoms with Crippen LogP contribution in [0, 0.1) is 0 Å². The van der Waals surface area contributed by atoms with E-state index < -0.39 is 0 Å². The maximum absolute atomic E-state index is 6.43. The zero-order chi connectivity index (χ0) is 36.3. The zero-order valence-electron chi connectivity index (χ0n) is 29.8. The molecule has 0 amide bonds. The lowest BCUT2D eigenvalue weighted by atomic mass is 9.93. The standard InChI is InChI=1S/C52H33NOS/c1-2-14-34(15-3-1)36-17-10-18-37(32-36)38-19-11-20-39(33-38)53(45-26-13-29-49-51(45)43-23-6-9-28-48(43)55-49)44-25-7-4-21-40(44)41-24-12-16-35-30-31-47-52(50(35)41)42-22-5-8-27-46(42)54-47/h1-33H. The summed E-state index contributed by atoms with van der Waals surface area (Å²) in [5, 5.41) is 7.19. The molecule has 258 valence electrons. The number of rotatable bonds is 6. The molecule has 2 aromatic heterocycles. The summed E-state index contributed by atoms with van der Waals surface area (Å²) in [7, 11) is 0. The minimum absolute atomic E-state index is 0.899. The van der Waals surface area contributed by atoms with Gasteiger partial charge in [-0.2, -0.15) is 0 Å². The topological polar surface area (TPSA) is 16.4 Å². The molecular formula is C52H33NOS. The van der Waals surface area contributed by atoms with Gasteiger partial charge in [-0.15, -0.1) is 11.3 Å². The first-order chi connectivity index (χ1) is 27.3. The smallest absolute Gasteiger partial charge is 0.136 e. The number of thiophene rings is 1. The summed E-state index contributed by atoms with van der Waals surface area (Å²) in [5.74, 6) is 0. The summed E-state index contributed by atoms with van der Waals surface area (Å²) < 4.78 is 8.98. The Morgan fingerprint density at radius 3 is 1.91 bits per heavy atom. The van der Waals surface area contributed by atoms with Crippen LogP contribution in [-0.4, -0.2) is 0 Å². The van der Waals surface area contributed by atoms with Crippen LogP contribution in [0.1, 0.15) is 0 Å². The van der Waals surface area contributed by atoms with Gasteiger partial charge in [-0.25, -0.2) is 0 Å². The molecule has 0 aliphatic heterocycles. The third-order valence-electron chi connectivity index (χ3n) is 10.8. The molecule has 0 aliphatic rings. The maximum atomic E-state index is 6.43. The van der Waals surface area contributed by atoms with E-state index in [0.29, 0.717) is 0 Å². The van der Waals surface area contributed by atoms with Crippen LogP contribution in [0.2, 0.25) is 0 Å². The molecule has 11 aromatic rings. The predicted octanol–water partition coefficient (Wildman–Crippen LogP) is 15.6. The van der Waals surface area contributed by atoms with Crippen molar-refractivity contribution in [1.82, 2.24) is 0 Å². The molecule has 0 bridgehead atoms. The monoisotopic (exact) mass is 719 g/mol. The highest BCUT2D eigenvalue weighted by molar-refractivity contribution is 7.26. The van der Waals surface area contributed by atoms with Crippen molar-refractivity contribution >= 4 is 81.3 Å². The minimum atomic E-state index is 0.899. The Morgan fingerprint density at radius 1 is 0.364 bits per heavy atom. The number of hydrogen-bond acceptors (Lipinski definition) is 3. The Hall–Kier alpha value is -6.94. The summed E-state index contributed by atoms with van der Waals surface area (Å²) in [5.41, 5.74) is 12.2. The Balaban J connectivity index is 1.18. The Kier molecular flexibility index (Phi) is 7.39. The van der Waals surface area contributed by atoms with Crippen molar-refractivity contribution in [2.24, 2.45) is 0 Å². The fourth-order valence-corrected chi connectivity index (χ4v) is 9.52. The Labute approximate surface area is 322 Å². The predicted molar refractivity (Wildman–Crippen MR) is 235 cm³/mol. The zero-order valence-corrected chi connectivity index (χ0v) is 30.6. The van der Waals surface area contributed by atoms with Crippen LogP contribution in [-0.2, 0) is 0 Å². The van der Waals surface area contributed by atoms with Crippen LogP contribution in [0.25, 0.3) is 86.3 Å².